The number of fused-ring (bicyclic) bond motifs is 2. The van der Waals surface area contributed by atoms with Crippen molar-refractivity contribution in [2.45, 2.75) is 26.0 Å². The lowest BCUT2D eigenvalue weighted by Gasteiger charge is -2.23. The molecule has 0 aromatic carbocycles. The molecule has 4 rings (SSSR count). The van der Waals surface area contributed by atoms with Crippen LogP contribution in [0.3, 0.4) is 0 Å². The third-order valence-electron chi connectivity index (χ3n) is 5.14. The molecule has 2 aromatic rings. The van der Waals surface area contributed by atoms with Crippen molar-refractivity contribution in [2.75, 3.05) is 31.1 Å². The van der Waals surface area contributed by atoms with Crippen LogP contribution in [0.4, 0.5) is 5.82 Å². The number of hydrogen-bond donors (Lipinski definition) is 0. The Labute approximate surface area is 141 Å². The van der Waals surface area contributed by atoms with Crippen LogP contribution in [0, 0.1) is 18.8 Å². The summed E-state index contributed by atoms with van der Waals surface area (Å²) in [5, 5.41) is 12.4. The SMILES string of the molecule is Cc1nnc2ccc(N3CC4CN(S(=O)(=O)C(C)C)CC4C3)nn12. The molecule has 0 aliphatic carbocycles. The van der Waals surface area contributed by atoms with Crippen LogP contribution in [0.15, 0.2) is 12.1 Å². The smallest absolute Gasteiger partial charge is 0.216 e. The minimum absolute atomic E-state index is 0.354. The average Bonchev–Trinajstić information content (AvgIpc) is 3.20. The Morgan fingerprint density at radius 2 is 1.75 bits per heavy atom. The van der Waals surface area contributed by atoms with Gasteiger partial charge in [-0.2, -0.15) is 4.52 Å². The third kappa shape index (κ3) is 2.37. The predicted octanol–water partition coefficient (Wildman–Crippen LogP) is 0.539. The van der Waals surface area contributed by atoms with E-state index in [1.165, 1.54) is 0 Å². The molecule has 2 aliphatic heterocycles. The highest BCUT2D eigenvalue weighted by Gasteiger charge is 2.44. The van der Waals surface area contributed by atoms with Gasteiger partial charge >= 0.3 is 0 Å². The summed E-state index contributed by atoms with van der Waals surface area (Å²) in [6, 6.07) is 3.89. The lowest BCUT2D eigenvalue weighted by Crippen LogP contribution is -2.37. The standard InChI is InChI=1S/C15H22N6O2S/c1-10(2)24(22,23)20-8-12-6-19(7-13(12)9-20)15-5-4-14-17-16-11(3)21(14)18-15/h4-5,10,12-13H,6-9H2,1-3H3. The van der Waals surface area contributed by atoms with Gasteiger partial charge in [0.1, 0.15) is 5.82 Å². The first kappa shape index (κ1) is 15.8. The molecular weight excluding hydrogens is 328 g/mol. The van der Waals surface area contributed by atoms with Gasteiger partial charge in [0, 0.05) is 26.2 Å². The van der Waals surface area contributed by atoms with E-state index in [0.717, 1.165) is 30.4 Å². The maximum Gasteiger partial charge on any atom is 0.216 e. The number of anilines is 1. The predicted molar refractivity (Wildman–Crippen MR) is 90.3 cm³/mol. The maximum absolute atomic E-state index is 12.4. The number of sulfonamides is 1. The molecular formula is C15H22N6O2S. The highest BCUT2D eigenvalue weighted by atomic mass is 32.2. The van der Waals surface area contributed by atoms with Crippen molar-refractivity contribution in [2.24, 2.45) is 11.8 Å². The number of hydrogen-bond acceptors (Lipinski definition) is 6. The Kier molecular flexibility index (Phi) is 3.54. The van der Waals surface area contributed by atoms with Crippen molar-refractivity contribution >= 4 is 21.5 Å². The third-order valence-corrected chi connectivity index (χ3v) is 7.35. The van der Waals surface area contributed by atoms with Crippen LogP contribution < -0.4 is 4.90 Å². The molecule has 9 heteroatoms. The molecule has 8 nitrogen and oxygen atoms in total. The van der Waals surface area contributed by atoms with Crippen molar-refractivity contribution in [1.29, 1.82) is 0 Å². The lowest BCUT2D eigenvalue weighted by atomic mass is 10.0. The molecule has 2 atom stereocenters. The molecule has 0 bridgehead atoms. The normalized spacial score (nSPS) is 25.1. The molecule has 0 radical (unpaired) electrons. The van der Waals surface area contributed by atoms with E-state index in [1.807, 2.05) is 19.1 Å². The second-order valence-electron chi connectivity index (χ2n) is 7.04. The lowest BCUT2D eigenvalue weighted by molar-refractivity contribution is 0.446. The van der Waals surface area contributed by atoms with Crippen molar-refractivity contribution in [3.8, 4) is 0 Å². The van der Waals surface area contributed by atoms with Crippen molar-refractivity contribution in [3.05, 3.63) is 18.0 Å². The highest BCUT2D eigenvalue weighted by Crippen LogP contribution is 2.35. The van der Waals surface area contributed by atoms with Crippen molar-refractivity contribution in [1.82, 2.24) is 24.1 Å². The Hall–Kier alpha value is -1.74. The summed E-state index contributed by atoms with van der Waals surface area (Å²) in [4.78, 5) is 2.24. The zero-order valence-corrected chi connectivity index (χ0v) is 14.9. The summed E-state index contributed by atoms with van der Waals surface area (Å²) in [5.74, 6) is 2.41. The van der Waals surface area contributed by atoms with Crippen molar-refractivity contribution < 1.29 is 8.42 Å². The zero-order valence-electron chi connectivity index (χ0n) is 14.1. The molecule has 24 heavy (non-hydrogen) atoms. The Morgan fingerprint density at radius 1 is 1.08 bits per heavy atom. The van der Waals surface area contributed by atoms with Crippen molar-refractivity contribution in [3.63, 3.8) is 0 Å². The van der Waals surface area contributed by atoms with Gasteiger partial charge in [0.05, 0.1) is 5.25 Å². The topological polar surface area (TPSA) is 83.7 Å². The quantitative estimate of drug-likeness (QED) is 0.803. The molecule has 4 heterocycles. The van der Waals surface area contributed by atoms with Gasteiger partial charge in [0.2, 0.25) is 10.0 Å². The minimum atomic E-state index is -3.15. The van der Waals surface area contributed by atoms with E-state index < -0.39 is 10.0 Å². The van der Waals surface area contributed by atoms with Gasteiger partial charge in [-0.05, 0) is 44.7 Å². The summed E-state index contributed by atoms with van der Waals surface area (Å²) in [5.41, 5.74) is 0.741. The summed E-state index contributed by atoms with van der Waals surface area (Å²) in [6.07, 6.45) is 0. The number of nitrogens with zero attached hydrogens (tertiary/aromatic N) is 6. The van der Waals surface area contributed by atoms with Gasteiger partial charge in [0.15, 0.2) is 11.5 Å². The molecule has 130 valence electrons. The fraction of sp³-hybridized carbons (Fsp3) is 0.667. The molecule has 0 N–H and O–H groups in total. The van der Waals surface area contributed by atoms with E-state index in [2.05, 4.69) is 20.2 Å². The largest absolute Gasteiger partial charge is 0.355 e. The second kappa shape index (κ2) is 5.38. The molecule has 2 aromatic heterocycles. The van der Waals surface area contributed by atoms with Crippen LogP contribution >= 0.6 is 0 Å². The van der Waals surface area contributed by atoms with Crippen LogP contribution in [-0.4, -0.2) is 64.0 Å². The average molecular weight is 350 g/mol. The van der Waals surface area contributed by atoms with Gasteiger partial charge in [-0.15, -0.1) is 15.3 Å². The van der Waals surface area contributed by atoms with Gasteiger partial charge < -0.3 is 4.90 Å². The van der Waals surface area contributed by atoms with E-state index in [9.17, 15) is 8.42 Å². The van der Waals surface area contributed by atoms with Gasteiger partial charge in [-0.1, -0.05) is 0 Å². The first-order valence-corrected chi connectivity index (χ1v) is 9.79. The number of aromatic nitrogens is 4. The fourth-order valence-corrected chi connectivity index (χ4v) is 5.09. The zero-order chi connectivity index (χ0) is 17.1. The van der Waals surface area contributed by atoms with Crippen LogP contribution in [0.2, 0.25) is 0 Å². The van der Waals surface area contributed by atoms with E-state index >= 15 is 0 Å². The summed E-state index contributed by atoms with van der Waals surface area (Å²) in [7, 11) is -3.15. The molecule has 2 saturated heterocycles. The van der Waals surface area contributed by atoms with Gasteiger partial charge in [-0.25, -0.2) is 12.7 Å². The summed E-state index contributed by atoms with van der Waals surface area (Å²) >= 11 is 0. The van der Waals surface area contributed by atoms with Crippen LogP contribution in [-0.2, 0) is 10.0 Å². The highest BCUT2D eigenvalue weighted by molar-refractivity contribution is 7.89. The fourth-order valence-electron chi connectivity index (χ4n) is 3.70. The Bertz CT molecular complexity index is 863. The number of aryl methyl sites for hydroxylation is 1. The first-order chi connectivity index (χ1) is 11.4. The summed E-state index contributed by atoms with van der Waals surface area (Å²) < 4.78 is 28.1. The van der Waals surface area contributed by atoms with Gasteiger partial charge in [0.25, 0.3) is 0 Å². The monoisotopic (exact) mass is 350 g/mol. The van der Waals surface area contributed by atoms with Crippen LogP contribution in [0.5, 0.6) is 0 Å². The van der Waals surface area contributed by atoms with Gasteiger partial charge in [-0.3, -0.25) is 0 Å². The summed E-state index contributed by atoms with van der Waals surface area (Å²) in [6.45, 7) is 8.30. The molecule has 0 saturated carbocycles. The van der Waals surface area contributed by atoms with Crippen LogP contribution in [0.25, 0.3) is 5.65 Å². The van der Waals surface area contributed by atoms with E-state index in [4.69, 9.17) is 0 Å². The minimum Gasteiger partial charge on any atom is -0.355 e. The maximum atomic E-state index is 12.4. The molecule has 2 aliphatic rings. The van der Waals surface area contributed by atoms with E-state index in [1.54, 1.807) is 22.7 Å². The number of rotatable bonds is 3. The first-order valence-electron chi connectivity index (χ1n) is 8.29. The Morgan fingerprint density at radius 3 is 2.38 bits per heavy atom. The van der Waals surface area contributed by atoms with E-state index in [-0.39, 0.29) is 5.25 Å². The molecule has 0 spiro atoms. The molecule has 0 amide bonds. The molecule has 2 fully saturated rings. The second-order valence-corrected chi connectivity index (χ2v) is 9.53. The Balaban J connectivity index is 1.51. The molecule has 2 unspecified atom stereocenters. The van der Waals surface area contributed by atoms with E-state index in [0.29, 0.717) is 24.9 Å². The van der Waals surface area contributed by atoms with Crippen LogP contribution in [0.1, 0.15) is 19.7 Å².